The number of hydrogen-bond acceptors (Lipinski definition) is 5. The van der Waals surface area contributed by atoms with Crippen LogP contribution in [0.5, 0.6) is 0 Å². The Balaban J connectivity index is 1.54. The summed E-state index contributed by atoms with van der Waals surface area (Å²) in [6.45, 7) is 1.24. The summed E-state index contributed by atoms with van der Waals surface area (Å²) >= 11 is 0. The average Bonchev–Trinajstić information content (AvgIpc) is 3.14. The van der Waals surface area contributed by atoms with Crippen molar-refractivity contribution in [3.05, 3.63) is 24.3 Å². The van der Waals surface area contributed by atoms with Gasteiger partial charge >= 0.3 is 0 Å². The standard InChI is InChI=1S/C21H31N3O5S/c1-29-13-5-12-22-30(27,28)19-10-8-17(9-11-19)23-21(26)16-14-20(25)24(15-16)18-6-3-2-4-7-18/h8-11,16,18,22H,2-7,12-15H2,1H3,(H,23,26)/t16-/m0/s1. The van der Waals surface area contributed by atoms with Gasteiger partial charge in [0.25, 0.3) is 0 Å². The van der Waals surface area contributed by atoms with Gasteiger partial charge in [0.1, 0.15) is 0 Å². The van der Waals surface area contributed by atoms with Gasteiger partial charge in [-0.05, 0) is 43.5 Å². The van der Waals surface area contributed by atoms with E-state index < -0.39 is 10.0 Å². The zero-order valence-corrected chi connectivity index (χ0v) is 18.2. The number of nitrogens with one attached hydrogen (secondary N) is 2. The first-order chi connectivity index (χ1) is 14.4. The van der Waals surface area contributed by atoms with E-state index in [-0.39, 0.29) is 35.1 Å². The molecule has 3 rings (SSSR count). The fraction of sp³-hybridized carbons (Fsp3) is 0.619. The highest BCUT2D eigenvalue weighted by Gasteiger charge is 2.38. The van der Waals surface area contributed by atoms with Crippen LogP contribution in [0.2, 0.25) is 0 Å². The third-order valence-electron chi connectivity index (χ3n) is 5.79. The first kappa shape index (κ1) is 22.7. The van der Waals surface area contributed by atoms with Gasteiger partial charge in [-0.3, -0.25) is 9.59 Å². The molecular formula is C21H31N3O5S. The Hall–Kier alpha value is -1.97. The molecule has 1 saturated heterocycles. The van der Waals surface area contributed by atoms with Crippen LogP contribution in [0.1, 0.15) is 44.9 Å². The summed E-state index contributed by atoms with van der Waals surface area (Å²) in [5, 5.41) is 2.82. The third kappa shape index (κ3) is 5.80. The maximum Gasteiger partial charge on any atom is 0.240 e. The highest BCUT2D eigenvalue weighted by Crippen LogP contribution is 2.29. The maximum absolute atomic E-state index is 12.6. The minimum Gasteiger partial charge on any atom is -0.385 e. The van der Waals surface area contributed by atoms with Crippen LogP contribution in [0.15, 0.2) is 29.2 Å². The van der Waals surface area contributed by atoms with Crippen molar-refractivity contribution in [3.8, 4) is 0 Å². The molecule has 0 radical (unpaired) electrons. The lowest BCUT2D eigenvalue weighted by molar-refractivity contribution is -0.130. The molecule has 8 nitrogen and oxygen atoms in total. The van der Waals surface area contributed by atoms with Crippen LogP contribution in [0, 0.1) is 5.92 Å². The molecule has 2 aliphatic rings. The number of sulfonamides is 1. The van der Waals surface area contributed by atoms with E-state index in [0.29, 0.717) is 31.8 Å². The Morgan fingerprint density at radius 2 is 1.87 bits per heavy atom. The number of anilines is 1. The van der Waals surface area contributed by atoms with E-state index in [1.165, 1.54) is 18.6 Å². The Kier molecular flexibility index (Phi) is 7.85. The van der Waals surface area contributed by atoms with Crippen molar-refractivity contribution in [3.63, 3.8) is 0 Å². The Labute approximate surface area is 178 Å². The predicted octanol–water partition coefficient (Wildman–Crippen LogP) is 2.12. The van der Waals surface area contributed by atoms with Gasteiger partial charge in [0.05, 0.1) is 10.8 Å². The van der Waals surface area contributed by atoms with Gasteiger partial charge < -0.3 is 15.0 Å². The summed E-state index contributed by atoms with van der Waals surface area (Å²) in [5.41, 5.74) is 0.516. The summed E-state index contributed by atoms with van der Waals surface area (Å²) in [6.07, 6.45) is 6.37. The number of likely N-dealkylation sites (tertiary alicyclic amines) is 1. The lowest BCUT2D eigenvalue weighted by Gasteiger charge is -2.31. The van der Waals surface area contributed by atoms with E-state index in [4.69, 9.17) is 4.74 Å². The number of amides is 2. The number of rotatable bonds is 9. The van der Waals surface area contributed by atoms with Crippen molar-refractivity contribution in [2.24, 2.45) is 5.92 Å². The molecule has 2 N–H and O–H groups in total. The van der Waals surface area contributed by atoms with Crippen LogP contribution in [0.4, 0.5) is 5.69 Å². The van der Waals surface area contributed by atoms with Crippen molar-refractivity contribution in [2.45, 2.75) is 55.9 Å². The van der Waals surface area contributed by atoms with Crippen LogP contribution in [0.25, 0.3) is 0 Å². The second-order valence-electron chi connectivity index (χ2n) is 8.00. The van der Waals surface area contributed by atoms with E-state index in [2.05, 4.69) is 10.0 Å². The number of carbonyl (C=O) groups excluding carboxylic acids is 2. The number of methoxy groups -OCH3 is 1. The molecule has 30 heavy (non-hydrogen) atoms. The molecule has 0 bridgehead atoms. The summed E-state index contributed by atoms with van der Waals surface area (Å²) in [5.74, 6) is -0.511. The molecule has 1 aliphatic carbocycles. The first-order valence-electron chi connectivity index (χ1n) is 10.6. The lowest BCUT2D eigenvalue weighted by Crippen LogP contribution is -2.38. The Bertz CT molecular complexity index is 835. The SMILES string of the molecule is COCCCNS(=O)(=O)c1ccc(NC(=O)[C@H]2CC(=O)N(C3CCCCC3)C2)cc1. The second kappa shape index (κ2) is 10.4. The molecule has 9 heteroatoms. The molecule has 1 aromatic carbocycles. The van der Waals surface area contributed by atoms with E-state index in [1.807, 2.05) is 4.90 Å². The molecule has 0 spiro atoms. The number of carbonyl (C=O) groups is 2. The lowest BCUT2D eigenvalue weighted by atomic mass is 9.94. The monoisotopic (exact) mass is 437 g/mol. The van der Waals surface area contributed by atoms with E-state index >= 15 is 0 Å². The third-order valence-corrected chi connectivity index (χ3v) is 7.27. The molecule has 1 heterocycles. The van der Waals surface area contributed by atoms with Gasteiger partial charge in [-0.25, -0.2) is 13.1 Å². The van der Waals surface area contributed by atoms with Gasteiger partial charge in [0.2, 0.25) is 21.8 Å². The van der Waals surface area contributed by atoms with Crippen LogP contribution in [-0.2, 0) is 24.3 Å². The van der Waals surface area contributed by atoms with Crippen molar-refractivity contribution < 1.29 is 22.7 Å². The molecule has 1 aliphatic heterocycles. The minimum absolute atomic E-state index is 0.0584. The van der Waals surface area contributed by atoms with Crippen LogP contribution < -0.4 is 10.0 Å². The van der Waals surface area contributed by atoms with Crippen molar-refractivity contribution in [1.29, 1.82) is 0 Å². The normalized spacial score (nSPS) is 20.5. The molecule has 1 saturated carbocycles. The smallest absolute Gasteiger partial charge is 0.240 e. The molecular weight excluding hydrogens is 406 g/mol. The van der Waals surface area contributed by atoms with Gasteiger partial charge in [0.15, 0.2) is 0 Å². The molecule has 2 amide bonds. The second-order valence-corrected chi connectivity index (χ2v) is 9.76. The quantitative estimate of drug-likeness (QED) is 0.576. The number of ether oxygens (including phenoxy) is 1. The maximum atomic E-state index is 12.6. The highest BCUT2D eigenvalue weighted by atomic mass is 32.2. The van der Waals surface area contributed by atoms with Crippen LogP contribution in [-0.4, -0.2) is 58.0 Å². The molecule has 0 aromatic heterocycles. The zero-order valence-electron chi connectivity index (χ0n) is 17.4. The van der Waals surface area contributed by atoms with E-state index in [9.17, 15) is 18.0 Å². The molecule has 1 atom stereocenters. The van der Waals surface area contributed by atoms with Crippen LogP contribution >= 0.6 is 0 Å². The number of benzene rings is 1. The van der Waals surface area contributed by atoms with E-state index in [1.54, 1.807) is 19.2 Å². The minimum atomic E-state index is -3.60. The number of hydrogen-bond donors (Lipinski definition) is 2. The first-order valence-corrected chi connectivity index (χ1v) is 12.1. The predicted molar refractivity (Wildman–Crippen MR) is 113 cm³/mol. The fourth-order valence-corrected chi connectivity index (χ4v) is 5.20. The van der Waals surface area contributed by atoms with E-state index in [0.717, 1.165) is 25.7 Å². The van der Waals surface area contributed by atoms with Crippen molar-refractivity contribution >= 4 is 27.5 Å². The van der Waals surface area contributed by atoms with Crippen molar-refractivity contribution in [1.82, 2.24) is 9.62 Å². The van der Waals surface area contributed by atoms with Gasteiger partial charge in [-0.2, -0.15) is 0 Å². The Morgan fingerprint density at radius 1 is 1.17 bits per heavy atom. The number of nitrogens with zero attached hydrogens (tertiary/aromatic N) is 1. The molecule has 1 aromatic rings. The molecule has 0 unspecified atom stereocenters. The summed E-state index contributed by atoms with van der Waals surface area (Å²) in [7, 11) is -2.03. The summed E-state index contributed by atoms with van der Waals surface area (Å²) < 4.78 is 32.0. The average molecular weight is 438 g/mol. The summed E-state index contributed by atoms with van der Waals surface area (Å²) in [6, 6.07) is 6.32. The highest BCUT2D eigenvalue weighted by molar-refractivity contribution is 7.89. The largest absolute Gasteiger partial charge is 0.385 e. The Morgan fingerprint density at radius 3 is 2.53 bits per heavy atom. The van der Waals surface area contributed by atoms with Gasteiger partial charge in [-0.1, -0.05) is 19.3 Å². The topological polar surface area (TPSA) is 105 Å². The molecule has 166 valence electrons. The van der Waals surface area contributed by atoms with Crippen molar-refractivity contribution in [2.75, 3.05) is 32.1 Å². The molecule has 2 fully saturated rings. The fourth-order valence-electron chi connectivity index (χ4n) is 4.12. The van der Waals surface area contributed by atoms with Gasteiger partial charge in [0, 0.05) is 45.0 Å². The zero-order chi connectivity index (χ0) is 21.6. The van der Waals surface area contributed by atoms with Crippen LogP contribution in [0.3, 0.4) is 0 Å². The van der Waals surface area contributed by atoms with Gasteiger partial charge in [-0.15, -0.1) is 0 Å². The summed E-state index contributed by atoms with van der Waals surface area (Å²) in [4.78, 5) is 27.0.